The molecule has 0 spiro atoms. The molecule has 0 unspecified atom stereocenters. The summed E-state index contributed by atoms with van der Waals surface area (Å²) in [6.45, 7) is 7.49. The van der Waals surface area contributed by atoms with Crippen molar-refractivity contribution in [3.8, 4) is 11.5 Å². The molecule has 0 radical (unpaired) electrons. The Kier molecular flexibility index (Phi) is 5.46. The predicted molar refractivity (Wildman–Crippen MR) is 99.6 cm³/mol. The van der Waals surface area contributed by atoms with Crippen molar-refractivity contribution in [3.05, 3.63) is 35.9 Å². The summed E-state index contributed by atoms with van der Waals surface area (Å²) in [5.41, 5.74) is 3.16. The van der Waals surface area contributed by atoms with E-state index in [2.05, 4.69) is 17.1 Å². The first-order valence-corrected chi connectivity index (χ1v) is 8.62. The number of fused-ring (bicyclic) bond motifs is 3. The Morgan fingerprint density at radius 2 is 1.68 bits per heavy atom. The van der Waals surface area contributed by atoms with Gasteiger partial charge in [0.05, 0.1) is 18.1 Å². The average Bonchev–Trinajstić information content (AvgIpc) is 2.96. The topological polar surface area (TPSA) is 52.7 Å². The summed E-state index contributed by atoms with van der Waals surface area (Å²) < 4.78 is 22.3. The molecule has 0 saturated heterocycles. The first-order chi connectivity index (χ1) is 12.2. The number of aromatic amines is 1. The number of aromatic nitrogens is 1. The van der Waals surface area contributed by atoms with Crippen molar-refractivity contribution in [3.63, 3.8) is 0 Å². The fourth-order valence-corrected chi connectivity index (χ4v) is 2.98. The van der Waals surface area contributed by atoms with Crippen LogP contribution in [-0.2, 0) is 9.47 Å². The van der Waals surface area contributed by atoms with Gasteiger partial charge in [-0.3, -0.25) is 0 Å². The molecule has 0 saturated carbocycles. The number of benzene rings is 2. The minimum atomic E-state index is -0.350. The summed E-state index contributed by atoms with van der Waals surface area (Å²) in [6.07, 6.45) is -0.350. The van der Waals surface area contributed by atoms with E-state index in [9.17, 15) is 0 Å². The number of nitrogens with one attached hydrogen (secondary N) is 1. The molecule has 0 amide bonds. The van der Waals surface area contributed by atoms with Gasteiger partial charge in [0.2, 0.25) is 0 Å². The van der Waals surface area contributed by atoms with E-state index in [0.29, 0.717) is 19.8 Å². The number of hydrogen-bond donors (Lipinski definition) is 1. The summed E-state index contributed by atoms with van der Waals surface area (Å²) in [7, 11) is 1.67. The third-order valence-electron chi connectivity index (χ3n) is 4.18. The van der Waals surface area contributed by atoms with Gasteiger partial charge in [0, 0.05) is 36.1 Å². The maximum atomic E-state index is 5.96. The Morgan fingerprint density at radius 1 is 0.960 bits per heavy atom. The van der Waals surface area contributed by atoms with Gasteiger partial charge in [-0.25, -0.2) is 0 Å². The third kappa shape index (κ3) is 3.72. The van der Waals surface area contributed by atoms with Gasteiger partial charge in [0.1, 0.15) is 18.1 Å². The van der Waals surface area contributed by atoms with E-state index in [0.717, 1.165) is 28.1 Å². The van der Waals surface area contributed by atoms with Crippen molar-refractivity contribution in [1.82, 2.24) is 4.98 Å². The van der Waals surface area contributed by atoms with Crippen molar-refractivity contribution in [2.45, 2.75) is 27.1 Å². The van der Waals surface area contributed by atoms with Gasteiger partial charge in [-0.15, -0.1) is 0 Å². The second-order valence-corrected chi connectivity index (χ2v) is 5.85. The highest BCUT2D eigenvalue weighted by Gasteiger charge is 2.13. The van der Waals surface area contributed by atoms with Crippen LogP contribution in [0.1, 0.15) is 19.4 Å². The van der Waals surface area contributed by atoms with Crippen LogP contribution in [-0.4, -0.2) is 38.2 Å². The van der Waals surface area contributed by atoms with Crippen molar-refractivity contribution in [1.29, 1.82) is 0 Å². The van der Waals surface area contributed by atoms with Gasteiger partial charge in [0.15, 0.2) is 6.29 Å². The van der Waals surface area contributed by atoms with Crippen molar-refractivity contribution >= 4 is 21.8 Å². The molecular formula is C20H25NO4. The molecule has 0 aliphatic carbocycles. The van der Waals surface area contributed by atoms with E-state index >= 15 is 0 Å². The fraction of sp³-hybridized carbons (Fsp3) is 0.400. The SMILES string of the molecule is CCOC(COc1cc2[nH]c3cc(OC)ccc3c2cc1C)OCC. The molecular weight excluding hydrogens is 318 g/mol. The zero-order chi connectivity index (χ0) is 17.8. The van der Waals surface area contributed by atoms with E-state index in [1.54, 1.807) is 7.11 Å². The molecule has 0 fully saturated rings. The van der Waals surface area contributed by atoms with Gasteiger partial charge in [0.25, 0.3) is 0 Å². The minimum Gasteiger partial charge on any atom is -0.497 e. The predicted octanol–water partition coefficient (Wildman–Crippen LogP) is 4.42. The van der Waals surface area contributed by atoms with E-state index in [-0.39, 0.29) is 6.29 Å². The highest BCUT2D eigenvalue weighted by Crippen LogP contribution is 2.32. The van der Waals surface area contributed by atoms with Gasteiger partial charge in [-0.1, -0.05) is 0 Å². The monoisotopic (exact) mass is 343 g/mol. The molecule has 5 heteroatoms. The minimum absolute atomic E-state index is 0.350. The first-order valence-electron chi connectivity index (χ1n) is 8.62. The van der Waals surface area contributed by atoms with Gasteiger partial charge in [-0.05, 0) is 44.5 Å². The van der Waals surface area contributed by atoms with E-state index in [1.807, 2.05) is 39.0 Å². The standard InChI is InChI=1S/C20H25NO4/c1-5-23-20(24-6-2)12-25-19-11-18-16(9-13(19)3)15-8-7-14(22-4)10-17(15)21-18/h7-11,20-21H,5-6,12H2,1-4H3. The maximum Gasteiger partial charge on any atom is 0.191 e. The summed E-state index contributed by atoms with van der Waals surface area (Å²) in [4.78, 5) is 3.44. The number of ether oxygens (including phenoxy) is 4. The molecule has 5 nitrogen and oxygen atoms in total. The summed E-state index contributed by atoms with van der Waals surface area (Å²) >= 11 is 0. The third-order valence-corrected chi connectivity index (χ3v) is 4.18. The molecule has 3 rings (SSSR count). The van der Waals surface area contributed by atoms with Gasteiger partial charge in [-0.2, -0.15) is 0 Å². The smallest absolute Gasteiger partial charge is 0.191 e. The molecule has 0 atom stereocenters. The van der Waals surface area contributed by atoms with E-state index in [1.165, 1.54) is 10.8 Å². The Morgan fingerprint density at radius 3 is 2.36 bits per heavy atom. The Hall–Kier alpha value is -2.24. The van der Waals surface area contributed by atoms with Crippen LogP contribution < -0.4 is 9.47 Å². The number of H-pyrrole nitrogens is 1. The highest BCUT2D eigenvalue weighted by molar-refractivity contribution is 6.08. The van der Waals surface area contributed by atoms with Crippen LogP contribution >= 0.6 is 0 Å². The normalized spacial score (nSPS) is 11.6. The molecule has 134 valence electrons. The second-order valence-electron chi connectivity index (χ2n) is 5.85. The fourth-order valence-electron chi connectivity index (χ4n) is 2.98. The lowest BCUT2D eigenvalue weighted by molar-refractivity contribution is -0.152. The molecule has 2 aromatic carbocycles. The number of aryl methyl sites for hydroxylation is 1. The molecule has 1 aromatic heterocycles. The lowest BCUT2D eigenvalue weighted by atomic mass is 10.1. The van der Waals surface area contributed by atoms with Crippen LogP contribution in [0.4, 0.5) is 0 Å². The van der Waals surface area contributed by atoms with Crippen molar-refractivity contribution in [2.24, 2.45) is 0 Å². The lowest BCUT2D eigenvalue weighted by Gasteiger charge is -2.18. The zero-order valence-electron chi connectivity index (χ0n) is 15.2. The summed E-state index contributed by atoms with van der Waals surface area (Å²) in [6, 6.07) is 10.2. The molecule has 0 bridgehead atoms. The number of methoxy groups -OCH3 is 1. The molecule has 1 heterocycles. The van der Waals surface area contributed by atoms with E-state index in [4.69, 9.17) is 18.9 Å². The summed E-state index contributed by atoms with van der Waals surface area (Å²) in [5, 5.41) is 2.35. The first kappa shape index (κ1) is 17.6. The zero-order valence-corrected chi connectivity index (χ0v) is 15.2. The van der Waals surface area contributed by atoms with Crippen LogP contribution in [0.15, 0.2) is 30.3 Å². The molecule has 0 aliphatic rings. The van der Waals surface area contributed by atoms with E-state index < -0.39 is 0 Å². The Labute approximate surface area is 147 Å². The second kappa shape index (κ2) is 7.76. The number of rotatable bonds is 8. The summed E-state index contributed by atoms with van der Waals surface area (Å²) in [5.74, 6) is 1.67. The molecule has 3 aromatic rings. The maximum absolute atomic E-state index is 5.96. The molecule has 0 aliphatic heterocycles. The van der Waals surface area contributed by atoms with Gasteiger partial charge >= 0.3 is 0 Å². The van der Waals surface area contributed by atoms with Crippen LogP contribution in [0.2, 0.25) is 0 Å². The Balaban J connectivity index is 1.89. The van der Waals surface area contributed by atoms with Crippen LogP contribution in [0, 0.1) is 6.92 Å². The Bertz CT molecular complexity index is 850. The van der Waals surface area contributed by atoms with Crippen LogP contribution in [0.25, 0.3) is 21.8 Å². The van der Waals surface area contributed by atoms with Crippen LogP contribution in [0.3, 0.4) is 0 Å². The van der Waals surface area contributed by atoms with Gasteiger partial charge < -0.3 is 23.9 Å². The lowest BCUT2D eigenvalue weighted by Crippen LogP contribution is -2.25. The quantitative estimate of drug-likeness (QED) is 0.615. The molecule has 25 heavy (non-hydrogen) atoms. The largest absolute Gasteiger partial charge is 0.497 e. The van der Waals surface area contributed by atoms with Crippen molar-refractivity contribution < 1.29 is 18.9 Å². The number of hydrogen-bond acceptors (Lipinski definition) is 4. The highest BCUT2D eigenvalue weighted by atomic mass is 16.7. The van der Waals surface area contributed by atoms with Crippen LogP contribution in [0.5, 0.6) is 11.5 Å². The average molecular weight is 343 g/mol. The molecule has 1 N–H and O–H groups in total. The van der Waals surface area contributed by atoms with Crippen molar-refractivity contribution in [2.75, 3.05) is 26.9 Å².